The first-order chi connectivity index (χ1) is 10.7. The molecule has 1 amide bonds. The second-order valence-corrected chi connectivity index (χ2v) is 5.15. The fourth-order valence-corrected chi connectivity index (χ4v) is 2.25. The minimum absolute atomic E-state index is 0.140. The molecule has 3 heteroatoms. The largest absolute Gasteiger partial charge is 0.352 e. The van der Waals surface area contributed by atoms with Gasteiger partial charge in [-0.3, -0.25) is 4.79 Å². The van der Waals surface area contributed by atoms with Crippen molar-refractivity contribution >= 4 is 12.0 Å². The highest BCUT2D eigenvalue weighted by molar-refractivity contribution is 5.91. The van der Waals surface area contributed by atoms with E-state index in [-0.39, 0.29) is 11.7 Å². The average molecular weight is 297 g/mol. The van der Waals surface area contributed by atoms with Crippen molar-refractivity contribution in [2.75, 3.05) is 6.54 Å². The van der Waals surface area contributed by atoms with Crippen LogP contribution in [0.2, 0.25) is 0 Å². The summed E-state index contributed by atoms with van der Waals surface area (Å²) in [7, 11) is 0. The van der Waals surface area contributed by atoms with E-state index in [1.165, 1.54) is 23.8 Å². The van der Waals surface area contributed by atoms with E-state index < -0.39 is 0 Å². The van der Waals surface area contributed by atoms with Crippen LogP contribution in [0, 0.1) is 5.82 Å². The highest BCUT2D eigenvalue weighted by Crippen LogP contribution is 2.17. The lowest BCUT2D eigenvalue weighted by molar-refractivity contribution is -0.116. The van der Waals surface area contributed by atoms with E-state index >= 15 is 0 Å². The van der Waals surface area contributed by atoms with Crippen molar-refractivity contribution < 1.29 is 9.18 Å². The molecule has 22 heavy (non-hydrogen) atoms. The quantitative estimate of drug-likeness (QED) is 0.797. The molecule has 0 aliphatic heterocycles. The molecule has 1 unspecified atom stereocenters. The van der Waals surface area contributed by atoms with Crippen LogP contribution in [0.3, 0.4) is 0 Å². The van der Waals surface area contributed by atoms with Crippen LogP contribution in [-0.2, 0) is 4.79 Å². The Morgan fingerprint density at radius 1 is 1.14 bits per heavy atom. The number of hydrogen-bond acceptors (Lipinski definition) is 1. The van der Waals surface area contributed by atoms with Gasteiger partial charge in [-0.2, -0.15) is 0 Å². The Balaban J connectivity index is 1.87. The van der Waals surface area contributed by atoms with Crippen LogP contribution in [0.5, 0.6) is 0 Å². The zero-order chi connectivity index (χ0) is 15.8. The molecule has 0 aliphatic rings. The van der Waals surface area contributed by atoms with Crippen molar-refractivity contribution in [1.82, 2.24) is 5.32 Å². The summed E-state index contributed by atoms with van der Waals surface area (Å²) in [5.41, 5.74) is 2.03. The third-order valence-electron chi connectivity index (χ3n) is 3.58. The van der Waals surface area contributed by atoms with Crippen molar-refractivity contribution in [2.24, 2.45) is 0 Å². The average Bonchev–Trinajstić information content (AvgIpc) is 2.56. The van der Waals surface area contributed by atoms with E-state index in [4.69, 9.17) is 0 Å². The molecule has 0 fully saturated rings. The molecule has 0 radical (unpaired) electrons. The predicted molar refractivity (Wildman–Crippen MR) is 87.9 cm³/mol. The van der Waals surface area contributed by atoms with E-state index in [1.807, 2.05) is 18.2 Å². The number of carbonyl (C=O) groups is 1. The van der Waals surface area contributed by atoms with Crippen LogP contribution >= 0.6 is 0 Å². The number of hydrogen-bond donors (Lipinski definition) is 1. The second kappa shape index (κ2) is 8.13. The van der Waals surface area contributed by atoms with E-state index in [1.54, 1.807) is 18.2 Å². The lowest BCUT2D eigenvalue weighted by atomic mass is 9.96. The highest BCUT2D eigenvalue weighted by atomic mass is 19.1. The van der Waals surface area contributed by atoms with Crippen molar-refractivity contribution in [3.8, 4) is 0 Å². The maximum Gasteiger partial charge on any atom is 0.244 e. The number of nitrogens with one attached hydrogen (secondary N) is 1. The third kappa shape index (κ3) is 4.85. The first kappa shape index (κ1) is 16.0. The van der Waals surface area contributed by atoms with Gasteiger partial charge in [0.2, 0.25) is 5.91 Å². The number of halogens is 1. The summed E-state index contributed by atoms with van der Waals surface area (Å²) in [6.45, 7) is 2.71. The fraction of sp³-hybridized carbons (Fsp3) is 0.211. The van der Waals surface area contributed by atoms with Crippen molar-refractivity contribution in [2.45, 2.75) is 19.3 Å². The van der Waals surface area contributed by atoms with Crippen molar-refractivity contribution in [1.29, 1.82) is 0 Å². The fourth-order valence-electron chi connectivity index (χ4n) is 2.25. The number of carbonyl (C=O) groups excluding carboxylic acids is 1. The molecule has 1 N–H and O–H groups in total. The number of amides is 1. The number of rotatable bonds is 6. The van der Waals surface area contributed by atoms with Crippen LogP contribution in [0.15, 0.2) is 60.7 Å². The Morgan fingerprint density at radius 3 is 2.45 bits per heavy atom. The van der Waals surface area contributed by atoms with Gasteiger partial charge >= 0.3 is 0 Å². The molecule has 2 aromatic rings. The molecule has 1 atom stereocenters. The monoisotopic (exact) mass is 297 g/mol. The summed E-state index contributed by atoms with van der Waals surface area (Å²) in [6.07, 6.45) is 4.12. The van der Waals surface area contributed by atoms with Gasteiger partial charge in [0.15, 0.2) is 0 Å². The van der Waals surface area contributed by atoms with Gasteiger partial charge in [0.1, 0.15) is 5.82 Å². The van der Waals surface area contributed by atoms with E-state index in [9.17, 15) is 9.18 Å². The van der Waals surface area contributed by atoms with Gasteiger partial charge in [-0.15, -0.1) is 0 Å². The lowest BCUT2D eigenvalue weighted by Crippen LogP contribution is -2.26. The molecule has 0 saturated carbocycles. The summed E-state index contributed by atoms with van der Waals surface area (Å²) in [6, 6.07) is 16.2. The molecular weight excluding hydrogens is 277 g/mol. The molecule has 2 rings (SSSR count). The first-order valence-corrected chi connectivity index (χ1v) is 7.45. The Bertz CT molecular complexity index is 620. The Morgan fingerprint density at radius 2 is 1.82 bits per heavy atom. The second-order valence-electron chi connectivity index (χ2n) is 5.15. The van der Waals surface area contributed by atoms with Crippen LogP contribution < -0.4 is 5.32 Å². The minimum Gasteiger partial charge on any atom is -0.352 e. The van der Waals surface area contributed by atoms with Crippen LogP contribution in [0.25, 0.3) is 6.08 Å². The van der Waals surface area contributed by atoms with Gasteiger partial charge in [-0.1, -0.05) is 49.4 Å². The minimum atomic E-state index is -0.282. The molecule has 114 valence electrons. The van der Waals surface area contributed by atoms with Gasteiger partial charge in [-0.05, 0) is 35.8 Å². The van der Waals surface area contributed by atoms with Crippen LogP contribution in [-0.4, -0.2) is 12.5 Å². The van der Waals surface area contributed by atoms with E-state index in [0.717, 1.165) is 12.0 Å². The van der Waals surface area contributed by atoms with Crippen molar-refractivity contribution in [3.05, 3.63) is 77.6 Å². The molecule has 0 aromatic heterocycles. The van der Waals surface area contributed by atoms with Gasteiger partial charge in [-0.25, -0.2) is 4.39 Å². The van der Waals surface area contributed by atoms with Gasteiger partial charge in [0.25, 0.3) is 0 Å². The summed E-state index contributed by atoms with van der Waals surface area (Å²) in [4.78, 5) is 11.9. The molecule has 0 aliphatic carbocycles. The number of benzene rings is 2. The normalized spacial score (nSPS) is 12.3. The summed E-state index contributed by atoms with van der Waals surface area (Å²) in [5, 5.41) is 2.91. The SMILES string of the molecule is CCC(CNC(=O)C=Cc1ccc(F)cc1)c1ccccc1. The molecule has 2 nitrogen and oxygen atoms in total. The van der Waals surface area contributed by atoms with Gasteiger partial charge in [0, 0.05) is 18.5 Å². The summed E-state index contributed by atoms with van der Waals surface area (Å²) < 4.78 is 12.8. The molecule has 0 bridgehead atoms. The van der Waals surface area contributed by atoms with Gasteiger partial charge in [0.05, 0.1) is 0 Å². The molecule has 0 spiro atoms. The zero-order valence-corrected chi connectivity index (χ0v) is 12.6. The van der Waals surface area contributed by atoms with Gasteiger partial charge < -0.3 is 5.32 Å². The van der Waals surface area contributed by atoms with E-state index in [0.29, 0.717) is 12.5 Å². The standard InChI is InChI=1S/C19H20FNO/c1-2-16(17-6-4-3-5-7-17)14-21-19(22)13-10-15-8-11-18(20)12-9-15/h3-13,16H,2,14H2,1H3,(H,21,22). The lowest BCUT2D eigenvalue weighted by Gasteiger charge is -2.15. The van der Waals surface area contributed by atoms with Crippen molar-refractivity contribution in [3.63, 3.8) is 0 Å². The Labute approximate surface area is 130 Å². The predicted octanol–water partition coefficient (Wildman–Crippen LogP) is 4.15. The highest BCUT2D eigenvalue weighted by Gasteiger charge is 2.09. The molecule has 0 saturated heterocycles. The summed E-state index contributed by atoms with van der Waals surface area (Å²) in [5.74, 6) is -0.113. The molecule has 0 heterocycles. The van der Waals surface area contributed by atoms with E-state index in [2.05, 4.69) is 24.4 Å². The zero-order valence-electron chi connectivity index (χ0n) is 12.6. The third-order valence-corrected chi connectivity index (χ3v) is 3.58. The Kier molecular flexibility index (Phi) is 5.90. The molecule has 2 aromatic carbocycles. The molecular formula is C19H20FNO. The maximum atomic E-state index is 12.8. The maximum absolute atomic E-state index is 12.8. The summed E-state index contributed by atoms with van der Waals surface area (Å²) >= 11 is 0. The smallest absolute Gasteiger partial charge is 0.244 e. The first-order valence-electron chi connectivity index (χ1n) is 7.45. The topological polar surface area (TPSA) is 29.1 Å². The van der Waals surface area contributed by atoms with Crippen LogP contribution in [0.4, 0.5) is 4.39 Å². The Hall–Kier alpha value is -2.42. The van der Waals surface area contributed by atoms with Crippen LogP contribution in [0.1, 0.15) is 30.4 Å².